The van der Waals surface area contributed by atoms with E-state index in [2.05, 4.69) is 76.2 Å². The van der Waals surface area contributed by atoms with E-state index in [1.807, 2.05) is 0 Å². The minimum Gasteiger partial charge on any atom is -0.465 e. The van der Waals surface area contributed by atoms with E-state index >= 15 is 0 Å². The number of ether oxygens (including phenoxy) is 2. The molecule has 0 saturated heterocycles. The number of esters is 2. The second-order valence-electron chi connectivity index (χ2n) is 13.1. The minimum absolute atomic E-state index is 0.0320. The number of aryl methyl sites for hydroxylation is 6. The van der Waals surface area contributed by atoms with Crippen molar-refractivity contribution in [1.29, 1.82) is 0 Å². The summed E-state index contributed by atoms with van der Waals surface area (Å²) in [4.78, 5) is 50.7. The van der Waals surface area contributed by atoms with Gasteiger partial charge in [-0.25, -0.2) is 19.0 Å². The largest absolute Gasteiger partial charge is 0.465 e. The second-order valence-corrected chi connectivity index (χ2v) is 13.1. The van der Waals surface area contributed by atoms with Gasteiger partial charge in [-0.15, -0.1) is 30.7 Å². The highest BCUT2D eigenvalue weighted by atomic mass is 16.5. The number of methoxy groups -OCH3 is 2. The number of nitrogens with zero attached hydrogens (tertiary/aromatic N) is 21. The number of nitrogen functional groups attached to an aromatic ring is 3. The van der Waals surface area contributed by atoms with E-state index in [0.29, 0.717) is 0 Å². The van der Waals surface area contributed by atoms with Crippen LogP contribution in [0.5, 0.6) is 0 Å². The normalized spacial score (nSPS) is 11.8. The van der Waals surface area contributed by atoms with Gasteiger partial charge in [-0.1, -0.05) is 0 Å². The highest BCUT2D eigenvalue weighted by Gasteiger charge is 2.26. The first kappa shape index (κ1) is 42.2. The molecule has 0 unspecified atom stereocenters. The predicted molar refractivity (Wildman–Crippen MR) is 215 cm³/mol. The molecule has 7 N–H and O–H groups in total. The Morgan fingerprint density at radius 1 is 0.603 bits per heavy atom. The zero-order valence-corrected chi connectivity index (χ0v) is 34.6. The lowest BCUT2D eigenvalue weighted by molar-refractivity contribution is 0.0592. The lowest BCUT2D eigenvalue weighted by Crippen LogP contribution is -2.17. The average molecular weight is 865 g/mol. The Labute approximate surface area is 352 Å². The summed E-state index contributed by atoms with van der Waals surface area (Å²) < 4.78 is 17.1. The van der Waals surface area contributed by atoms with Crippen molar-refractivity contribution in [3.8, 4) is 17.8 Å². The van der Waals surface area contributed by atoms with Crippen LogP contribution in [-0.2, 0) is 30.6 Å². The quantitative estimate of drug-likeness (QED) is 0.0733. The first-order valence-corrected chi connectivity index (χ1v) is 18.0. The number of aliphatic hydroxyl groups excluding tert-OH is 1. The maximum absolute atomic E-state index is 12.3. The number of ketones is 1. The summed E-state index contributed by atoms with van der Waals surface area (Å²) >= 11 is 0. The second kappa shape index (κ2) is 16.6. The van der Waals surface area contributed by atoms with E-state index in [9.17, 15) is 19.5 Å². The van der Waals surface area contributed by atoms with Gasteiger partial charge in [-0.05, 0) is 20.8 Å². The Balaban J connectivity index is 1.36. The third-order valence-electron chi connectivity index (χ3n) is 8.97. The molecule has 63 heavy (non-hydrogen) atoms. The Kier molecular flexibility index (Phi) is 11.1. The fourth-order valence-electron chi connectivity index (χ4n) is 5.80. The van der Waals surface area contributed by atoms with Gasteiger partial charge in [0.25, 0.3) is 17.8 Å². The molecule has 0 spiro atoms. The number of aromatic nitrogens is 15. The van der Waals surface area contributed by atoms with Crippen LogP contribution in [0.15, 0.2) is 49.3 Å². The molecule has 7 aromatic heterocycles. The van der Waals surface area contributed by atoms with Crippen LogP contribution < -0.4 is 17.2 Å². The van der Waals surface area contributed by atoms with E-state index in [-0.39, 0.29) is 104 Å². The highest BCUT2D eigenvalue weighted by molar-refractivity contribution is 6.00. The minimum atomic E-state index is -0.770. The molecule has 0 atom stereocenters. The standard InChI is InChI=1S/C33H36N24O6/c1-13-20(42-45-26-18(19(59)12-58)11-52(4)51-26)23(34)55(48-13)31-39-32(56-24(35)21(14(2)49-56)43-46-27-16(29(60)62-7)9-37-53(27)5)41-33(40-31)57-25(36)22(15(3)50-57)44-47-28-17(30(61)63-8)10-38-54(28)6/h9-11,58H,12,34-36H2,1-8H3. The molecule has 7 aromatic rings. The number of nitrogens with two attached hydrogens (primary N) is 3. The van der Waals surface area contributed by atoms with Crippen LogP contribution in [0.4, 0.5) is 52.0 Å². The molecule has 7 rings (SSSR count). The summed E-state index contributed by atoms with van der Waals surface area (Å²) in [5.41, 5.74) is 21.0. The topological polar surface area (TPSA) is 388 Å². The van der Waals surface area contributed by atoms with Crippen molar-refractivity contribution >= 4 is 69.7 Å². The Hall–Kier alpha value is -8.96. The molecule has 0 aliphatic rings. The monoisotopic (exact) mass is 864 g/mol. The predicted octanol–water partition coefficient (Wildman–Crippen LogP) is 2.30. The lowest BCUT2D eigenvalue weighted by Gasteiger charge is -2.09. The zero-order valence-electron chi connectivity index (χ0n) is 34.6. The number of rotatable bonds is 13. The van der Waals surface area contributed by atoms with Crippen molar-refractivity contribution in [2.45, 2.75) is 20.8 Å². The van der Waals surface area contributed by atoms with Gasteiger partial charge in [0.1, 0.15) is 17.7 Å². The van der Waals surface area contributed by atoms with E-state index < -0.39 is 24.3 Å². The van der Waals surface area contributed by atoms with Crippen molar-refractivity contribution in [3.05, 3.63) is 52.4 Å². The Morgan fingerprint density at radius 3 is 1.35 bits per heavy atom. The van der Waals surface area contributed by atoms with Gasteiger partial charge in [0.15, 0.2) is 51.9 Å². The Morgan fingerprint density at radius 2 is 0.984 bits per heavy atom. The van der Waals surface area contributed by atoms with Gasteiger partial charge in [0, 0.05) is 27.3 Å². The summed E-state index contributed by atoms with van der Waals surface area (Å²) in [6.07, 6.45) is 3.96. The Bertz CT molecular complexity index is 2910. The van der Waals surface area contributed by atoms with E-state index in [4.69, 9.17) is 26.7 Å². The van der Waals surface area contributed by atoms with Crippen LogP contribution in [0, 0.1) is 20.8 Å². The number of anilines is 3. The van der Waals surface area contributed by atoms with Gasteiger partial charge in [0.2, 0.25) is 5.82 Å². The number of carbonyl (C=O) groups excluding carboxylic acids is 3. The number of Topliss-reactive ketones (excluding diaryl/α,β-unsaturated/α-hetero) is 1. The van der Waals surface area contributed by atoms with Gasteiger partial charge in [-0.3, -0.25) is 9.48 Å². The van der Waals surface area contributed by atoms with Crippen molar-refractivity contribution < 1.29 is 29.0 Å². The van der Waals surface area contributed by atoms with Gasteiger partial charge < -0.3 is 31.8 Å². The third-order valence-corrected chi connectivity index (χ3v) is 8.97. The fourth-order valence-corrected chi connectivity index (χ4v) is 5.80. The van der Waals surface area contributed by atoms with Crippen molar-refractivity contribution in [1.82, 2.24) is 73.6 Å². The molecule has 30 nitrogen and oxygen atoms in total. The van der Waals surface area contributed by atoms with Crippen molar-refractivity contribution in [2.24, 2.45) is 51.8 Å². The van der Waals surface area contributed by atoms with Crippen LogP contribution in [-0.4, -0.2) is 117 Å². The van der Waals surface area contributed by atoms with Crippen molar-refractivity contribution in [3.63, 3.8) is 0 Å². The molecule has 0 aliphatic carbocycles. The first-order valence-electron chi connectivity index (χ1n) is 18.0. The smallest absolute Gasteiger partial charge is 0.343 e. The van der Waals surface area contributed by atoms with E-state index in [1.165, 1.54) is 46.9 Å². The fraction of sp³-hybridized carbons (Fsp3) is 0.273. The van der Waals surface area contributed by atoms with Crippen LogP contribution in [0.3, 0.4) is 0 Å². The molecule has 7 heterocycles. The van der Waals surface area contributed by atoms with Crippen LogP contribution in [0.2, 0.25) is 0 Å². The van der Waals surface area contributed by atoms with Crippen LogP contribution in [0.1, 0.15) is 48.2 Å². The molecular formula is C33H36N24O6. The summed E-state index contributed by atoms with van der Waals surface area (Å²) in [6.45, 7) is 4.01. The molecular weight excluding hydrogens is 829 g/mol. The third kappa shape index (κ3) is 7.69. The molecule has 0 aromatic carbocycles. The van der Waals surface area contributed by atoms with E-state index in [1.54, 1.807) is 41.9 Å². The maximum atomic E-state index is 12.3. The van der Waals surface area contributed by atoms with Gasteiger partial charge in [-0.2, -0.15) is 59.6 Å². The molecule has 0 amide bonds. The van der Waals surface area contributed by atoms with Crippen LogP contribution in [0.25, 0.3) is 17.8 Å². The number of azo groups is 3. The zero-order chi connectivity index (χ0) is 45.4. The summed E-state index contributed by atoms with van der Waals surface area (Å²) in [5.74, 6) is -2.84. The summed E-state index contributed by atoms with van der Waals surface area (Å²) in [5, 5.41) is 60.5. The highest BCUT2D eigenvalue weighted by Crippen LogP contribution is 2.35. The number of aliphatic hydroxyl groups is 1. The SMILES string of the molecule is COC(=O)c1cnn(C)c1N=Nc1c(C)nn(-c2nc(-n3nc(C)c(N=Nc4nn(C)cc4C(=O)CO)c3N)nc(-n3nc(C)c(N=Nc4c(C(=O)OC)cnn4C)c3N)n2)c1N. The van der Waals surface area contributed by atoms with Gasteiger partial charge in [0.05, 0.1) is 49.3 Å². The van der Waals surface area contributed by atoms with Crippen molar-refractivity contribution in [2.75, 3.05) is 38.0 Å². The number of hydrogen-bond acceptors (Lipinski definition) is 24. The first-order chi connectivity index (χ1) is 30.1. The van der Waals surface area contributed by atoms with E-state index in [0.717, 1.165) is 14.0 Å². The summed E-state index contributed by atoms with van der Waals surface area (Å²) in [6, 6.07) is 0. The molecule has 0 fully saturated rings. The summed E-state index contributed by atoms with van der Waals surface area (Å²) in [7, 11) is 7.13. The molecule has 0 bridgehead atoms. The average Bonchev–Trinajstić information content (AvgIpc) is 4.11. The molecule has 0 radical (unpaired) electrons. The lowest BCUT2D eigenvalue weighted by atomic mass is 10.2. The number of carbonyl (C=O) groups is 3. The number of hydrogen-bond donors (Lipinski definition) is 4. The molecule has 324 valence electrons. The molecule has 0 saturated carbocycles. The molecule has 0 aliphatic heterocycles. The molecule has 30 heteroatoms. The van der Waals surface area contributed by atoms with Crippen LogP contribution >= 0.6 is 0 Å². The maximum Gasteiger partial charge on any atom is 0.343 e. The van der Waals surface area contributed by atoms with Gasteiger partial charge >= 0.3 is 11.9 Å².